The number of carboxylic acids is 1. The molecule has 12 nitrogen and oxygen atoms in total. The van der Waals surface area contributed by atoms with Crippen molar-refractivity contribution in [3.8, 4) is 0 Å². The van der Waals surface area contributed by atoms with E-state index in [0.29, 0.717) is 19.3 Å². The first-order chi connectivity index (χ1) is 29.5. The summed E-state index contributed by atoms with van der Waals surface area (Å²) in [5, 5.41) is 18.7. The number of hydrogen-bond acceptors (Lipinski definition) is 10. The zero-order valence-corrected chi connectivity index (χ0v) is 37.4. The summed E-state index contributed by atoms with van der Waals surface area (Å²) in [5.41, 5.74) is 5.32. The van der Waals surface area contributed by atoms with Crippen LogP contribution in [0.2, 0.25) is 0 Å². The maximum atomic E-state index is 12.6. The van der Waals surface area contributed by atoms with E-state index in [9.17, 15) is 28.9 Å². The summed E-state index contributed by atoms with van der Waals surface area (Å²) in [4.78, 5) is 45.9. The van der Waals surface area contributed by atoms with Crippen molar-refractivity contribution >= 4 is 25.7 Å². The number of aliphatic hydroxyl groups is 1. The zero-order valence-electron chi connectivity index (χ0n) is 36.6. The Morgan fingerprint density at radius 1 is 0.590 bits per heavy atom. The molecule has 0 heterocycles. The molecule has 4 atom stereocenters. The van der Waals surface area contributed by atoms with Crippen molar-refractivity contribution in [1.82, 2.24) is 0 Å². The first-order valence-corrected chi connectivity index (χ1v) is 23.1. The van der Waals surface area contributed by atoms with E-state index in [0.717, 1.165) is 77.0 Å². The van der Waals surface area contributed by atoms with Crippen molar-refractivity contribution in [2.45, 2.75) is 141 Å². The van der Waals surface area contributed by atoms with Crippen molar-refractivity contribution in [1.29, 1.82) is 0 Å². The Balaban J connectivity index is 4.64. The fourth-order valence-electron chi connectivity index (χ4n) is 4.86. The highest BCUT2D eigenvalue weighted by atomic mass is 31.2. The molecule has 0 rings (SSSR count). The zero-order chi connectivity index (χ0) is 45.1. The van der Waals surface area contributed by atoms with Crippen molar-refractivity contribution in [3.05, 3.63) is 122 Å². The molecule has 0 spiro atoms. The lowest BCUT2D eigenvalue weighted by Crippen LogP contribution is -2.34. The van der Waals surface area contributed by atoms with Gasteiger partial charge in [-0.2, -0.15) is 0 Å². The van der Waals surface area contributed by atoms with Crippen molar-refractivity contribution in [2.24, 2.45) is 5.73 Å². The number of esters is 2. The fourth-order valence-corrected chi connectivity index (χ4v) is 5.64. The van der Waals surface area contributed by atoms with Gasteiger partial charge in [0.1, 0.15) is 12.6 Å². The highest BCUT2D eigenvalue weighted by molar-refractivity contribution is 7.47. The molecule has 5 N–H and O–H groups in total. The van der Waals surface area contributed by atoms with Gasteiger partial charge in [-0.25, -0.2) is 4.57 Å². The predicted octanol–water partition coefficient (Wildman–Crippen LogP) is 10.6. The van der Waals surface area contributed by atoms with Gasteiger partial charge in [-0.3, -0.25) is 23.4 Å². The van der Waals surface area contributed by atoms with Crippen LogP contribution in [0.1, 0.15) is 123 Å². The van der Waals surface area contributed by atoms with Gasteiger partial charge in [-0.15, -0.1) is 0 Å². The Labute approximate surface area is 365 Å². The number of aliphatic carboxylic acids is 1. The molecule has 1 unspecified atom stereocenters. The summed E-state index contributed by atoms with van der Waals surface area (Å²) in [7, 11) is -4.77. The Hall–Kier alpha value is -4.16. The number of carbonyl (C=O) groups excluding carboxylic acids is 2. The summed E-state index contributed by atoms with van der Waals surface area (Å²) in [6.45, 7) is 2.36. The highest BCUT2D eigenvalue weighted by Gasteiger charge is 2.28. The summed E-state index contributed by atoms with van der Waals surface area (Å²) in [6.07, 6.45) is 51.9. The molecular weight excluding hydrogens is 797 g/mol. The lowest BCUT2D eigenvalue weighted by atomic mass is 10.1. The number of phosphoric ester groups is 1. The standard InChI is InChI=1S/C48H74NO11P/c1-3-5-7-8-9-10-11-12-13-14-15-16-17-18-22-25-28-31-34-38-46(51)57-40-44(41-58-61(55,56)59-42-45(49)48(53)54)60-47(52)39-35-32-29-26-23-20-19-21-24-27-30-33-37-43(50)36-6-4-2/h5,7,9-10,12-13,15-16,18-20,22,24,26-29,31,33,37,43-45,50H,3-4,6,8,11,14,17,21,23,25,30,32,34-36,38-42,49H2,1-2H3,(H,53,54)(H,55,56)/b7-5-,10-9-,13-12-,16-15-,20-19-,22-18-,27-24-,29-26-,31-28-,37-33-/t43-,44-,45+/m1/s1. The maximum Gasteiger partial charge on any atom is 0.472 e. The van der Waals surface area contributed by atoms with Gasteiger partial charge in [0, 0.05) is 12.8 Å². The SMILES string of the molecule is CC/C=C\C/C=C\C/C=C\C/C=C\C/C=C\C/C=C\CCC(=O)OC[C@H](COP(=O)(O)OC[C@H](N)C(=O)O)OC(=O)CCC/C=C\C/C=C\C/C=C\C/C=C\[C@H](O)CCCC. The van der Waals surface area contributed by atoms with Gasteiger partial charge in [0.25, 0.3) is 0 Å². The monoisotopic (exact) mass is 871 g/mol. The number of rotatable bonds is 38. The van der Waals surface area contributed by atoms with E-state index in [1.54, 1.807) is 0 Å². The minimum absolute atomic E-state index is 0.0446. The van der Waals surface area contributed by atoms with Crippen LogP contribution >= 0.6 is 7.82 Å². The third-order valence-electron chi connectivity index (χ3n) is 8.28. The van der Waals surface area contributed by atoms with Crippen LogP contribution in [-0.2, 0) is 37.5 Å². The van der Waals surface area contributed by atoms with Crippen LogP contribution < -0.4 is 5.73 Å². The van der Waals surface area contributed by atoms with Gasteiger partial charge in [0.2, 0.25) is 0 Å². The lowest BCUT2D eigenvalue weighted by Gasteiger charge is -2.20. The van der Waals surface area contributed by atoms with Crippen LogP contribution in [0.5, 0.6) is 0 Å². The van der Waals surface area contributed by atoms with Crippen LogP contribution in [0.15, 0.2) is 122 Å². The second-order valence-electron chi connectivity index (χ2n) is 13.9. The largest absolute Gasteiger partial charge is 0.480 e. The average molecular weight is 872 g/mol. The van der Waals surface area contributed by atoms with E-state index < -0.39 is 57.7 Å². The number of unbranched alkanes of at least 4 members (excludes halogenated alkanes) is 2. The predicted molar refractivity (Wildman–Crippen MR) is 245 cm³/mol. The molecule has 0 amide bonds. The molecule has 0 aliphatic carbocycles. The highest BCUT2D eigenvalue weighted by Crippen LogP contribution is 2.43. The van der Waals surface area contributed by atoms with Gasteiger partial charge < -0.3 is 30.3 Å². The van der Waals surface area contributed by atoms with Crippen molar-refractivity contribution < 1.29 is 52.6 Å². The summed E-state index contributed by atoms with van der Waals surface area (Å²) < 4.78 is 32.5. The molecule has 0 bridgehead atoms. The molecule has 0 saturated carbocycles. The molecule has 342 valence electrons. The Morgan fingerprint density at radius 3 is 1.54 bits per heavy atom. The number of aliphatic hydroxyl groups excluding tert-OH is 1. The molecule has 0 aliphatic rings. The number of nitrogens with two attached hydrogens (primary N) is 1. The molecule has 0 aliphatic heterocycles. The minimum atomic E-state index is -4.77. The Kier molecular flexibility index (Phi) is 38.4. The van der Waals surface area contributed by atoms with Gasteiger partial charge >= 0.3 is 25.7 Å². The van der Waals surface area contributed by atoms with Crippen molar-refractivity contribution in [2.75, 3.05) is 19.8 Å². The second kappa shape index (κ2) is 41.2. The number of carbonyl (C=O) groups is 3. The van der Waals surface area contributed by atoms with E-state index in [1.165, 1.54) is 0 Å². The normalized spacial score (nSPS) is 15.4. The van der Waals surface area contributed by atoms with Crippen LogP contribution in [0.4, 0.5) is 0 Å². The molecule has 0 radical (unpaired) electrons. The quantitative estimate of drug-likeness (QED) is 0.0199. The average Bonchev–Trinajstić information content (AvgIpc) is 3.23. The fraction of sp³-hybridized carbons (Fsp3) is 0.521. The summed E-state index contributed by atoms with van der Waals surface area (Å²) in [6, 6.07) is -1.55. The van der Waals surface area contributed by atoms with Gasteiger partial charge in [0.05, 0.1) is 19.3 Å². The first-order valence-electron chi connectivity index (χ1n) is 21.7. The van der Waals surface area contributed by atoms with Crippen LogP contribution in [-0.4, -0.2) is 71.1 Å². The van der Waals surface area contributed by atoms with Gasteiger partial charge in [-0.1, -0.05) is 148 Å². The summed E-state index contributed by atoms with van der Waals surface area (Å²) >= 11 is 0. The van der Waals surface area contributed by atoms with E-state index in [1.807, 2.05) is 48.6 Å². The van der Waals surface area contributed by atoms with Crippen molar-refractivity contribution in [3.63, 3.8) is 0 Å². The van der Waals surface area contributed by atoms with Gasteiger partial charge in [0.15, 0.2) is 6.10 Å². The topological polar surface area (TPSA) is 192 Å². The molecule has 61 heavy (non-hydrogen) atoms. The summed E-state index contributed by atoms with van der Waals surface area (Å²) in [5.74, 6) is -2.61. The van der Waals surface area contributed by atoms with E-state index >= 15 is 0 Å². The van der Waals surface area contributed by atoms with Crippen LogP contribution in [0.25, 0.3) is 0 Å². The van der Waals surface area contributed by atoms with Crippen LogP contribution in [0, 0.1) is 0 Å². The Bertz CT molecular complexity index is 1510. The number of carboxylic acid groups (broad SMARTS) is 1. The molecule has 0 aromatic carbocycles. The van der Waals surface area contributed by atoms with Gasteiger partial charge in [-0.05, 0) is 83.5 Å². The third-order valence-corrected chi connectivity index (χ3v) is 9.23. The molecule has 0 aromatic rings. The molecule has 0 saturated heterocycles. The van der Waals surface area contributed by atoms with Crippen LogP contribution in [0.3, 0.4) is 0 Å². The van der Waals surface area contributed by atoms with E-state index in [4.69, 9.17) is 24.8 Å². The molecule has 0 fully saturated rings. The first kappa shape index (κ1) is 56.8. The van der Waals surface area contributed by atoms with E-state index in [2.05, 4.69) is 91.3 Å². The maximum absolute atomic E-state index is 12.6. The molecule has 0 aromatic heterocycles. The number of phosphoric acid groups is 1. The number of hydrogen-bond donors (Lipinski definition) is 4. The third kappa shape index (κ3) is 41.0. The smallest absolute Gasteiger partial charge is 0.472 e. The van der Waals surface area contributed by atoms with E-state index in [-0.39, 0.29) is 18.9 Å². The lowest BCUT2D eigenvalue weighted by molar-refractivity contribution is -0.161. The molecular formula is C48H74NO11P. The second-order valence-corrected chi connectivity index (χ2v) is 15.4. The Morgan fingerprint density at radius 2 is 1.05 bits per heavy atom. The number of ether oxygens (including phenoxy) is 2. The number of allylic oxidation sites excluding steroid dienone is 19. The minimum Gasteiger partial charge on any atom is -0.480 e. The molecule has 13 heteroatoms.